The maximum atomic E-state index is 5.88. The number of nitrogen functional groups attached to an aromatic ring is 1. The minimum absolute atomic E-state index is 0.539. The molecule has 1 rings (SSSR count). The van der Waals surface area contributed by atoms with Gasteiger partial charge >= 0.3 is 0 Å². The van der Waals surface area contributed by atoms with Crippen LogP contribution in [0.2, 0.25) is 0 Å². The molecule has 13 heavy (non-hydrogen) atoms. The third-order valence-corrected chi connectivity index (χ3v) is 4.53. The van der Waals surface area contributed by atoms with Gasteiger partial charge in [-0.1, -0.05) is 18.2 Å². The Kier molecular flexibility index (Phi) is 4.59. The van der Waals surface area contributed by atoms with Crippen LogP contribution in [0.25, 0.3) is 5.03 Å². The van der Waals surface area contributed by atoms with E-state index >= 15 is 0 Å². The van der Waals surface area contributed by atoms with Crippen LogP contribution in [-0.2, 0) is 0 Å². The van der Waals surface area contributed by atoms with Gasteiger partial charge in [-0.05, 0) is 73.8 Å². The van der Waals surface area contributed by atoms with Crippen LogP contribution in [0.15, 0.2) is 12.6 Å². The van der Waals surface area contributed by atoms with E-state index in [1.807, 2.05) is 6.07 Å². The van der Waals surface area contributed by atoms with Crippen LogP contribution in [0.1, 0.15) is 5.56 Å². The topological polar surface area (TPSA) is 26.0 Å². The molecule has 0 bridgehead atoms. The predicted octanol–water partition coefficient (Wildman–Crippen LogP) is 4.29. The summed E-state index contributed by atoms with van der Waals surface area (Å²) < 4.78 is 3.11. The molecule has 0 amide bonds. The van der Waals surface area contributed by atoms with Crippen LogP contribution in [0.5, 0.6) is 0 Å². The molecule has 0 saturated carbocycles. The fraction of sp³-hybridized carbons (Fsp3) is 0. The SMILES string of the molecule is C=C(Cl)c1c(I)cc(I)c(N)c1I. The van der Waals surface area contributed by atoms with E-state index in [9.17, 15) is 0 Å². The monoisotopic (exact) mass is 531 g/mol. The Bertz CT molecular complexity index is 376. The van der Waals surface area contributed by atoms with Crippen LogP contribution >= 0.6 is 79.4 Å². The van der Waals surface area contributed by atoms with Crippen LogP contribution in [0.4, 0.5) is 5.69 Å². The highest BCUT2D eigenvalue weighted by molar-refractivity contribution is 14.1. The molecule has 0 aliphatic rings. The second-order valence-electron chi connectivity index (χ2n) is 2.35. The van der Waals surface area contributed by atoms with Crippen molar-refractivity contribution in [2.45, 2.75) is 0 Å². The van der Waals surface area contributed by atoms with E-state index in [4.69, 9.17) is 17.3 Å². The first-order valence-corrected chi connectivity index (χ1v) is 6.84. The zero-order chi connectivity index (χ0) is 10.2. The van der Waals surface area contributed by atoms with Gasteiger partial charge in [-0.2, -0.15) is 0 Å². The van der Waals surface area contributed by atoms with Crippen LogP contribution < -0.4 is 5.73 Å². The lowest BCUT2D eigenvalue weighted by Crippen LogP contribution is -1.99. The lowest BCUT2D eigenvalue weighted by Gasteiger charge is -2.09. The van der Waals surface area contributed by atoms with Crippen LogP contribution in [-0.4, -0.2) is 0 Å². The molecule has 0 atom stereocenters. The van der Waals surface area contributed by atoms with Crippen molar-refractivity contribution in [2.75, 3.05) is 5.73 Å². The number of hydrogen-bond donors (Lipinski definition) is 1. The Morgan fingerprint density at radius 2 is 1.85 bits per heavy atom. The molecule has 0 saturated heterocycles. The third-order valence-electron chi connectivity index (χ3n) is 1.48. The van der Waals surface area contributed by atoms with E-state index in [1.165, 1.54) is 0 Å². The first-order chi connectivity index (χ1) is 5.95. The normalized spacial score (nSPS) is 10.2. The van der Waals surface area contributed by atoms with Crippen molar-refractivity contribution in [2.24, 2.45) is 0 Å². The van der Waals surface area contributed by atoms with Crippen molar-refractivity contribution in [1.29, 1.82) is 0 Å². The Morgan fingerprint density at radius 3 is 2.31 bits per heavy atom. The summed E-state index contributed by atoms with van der Waals surface area (Å²) in [5.74, 6) is 0. The Balaban J connectivity index is 3.53. The smallest absolute Gasteiger partial charge is 0.0592 e. The van der Waals surface area contributed by atoms with Gasteiger partial charge in [0, 0.05) is 21.3 Å². The number of halogens is 4. The van der Waals surface area contributed by atoms with Crippen molar-refractivity contribution in [3.05, 3.63) is 28.9 Å². The van der Waals surface area contributed by atoms with Crippen molar-refractivity contribution in [3.63, 3.8) is 0 Å². The van der Waals surface area contributed by atoms with Gasteiger partial charge in [-0.25, -0.2) is 0 Å². The van der Waals surface area contributed by atoms with E-state index in [0.29, 0.717) is 5.03 Å². The number of benzene rings is 1. The average Bonchev–Trinajstić information content (AvgIpc) is 1.99. The summed E-state index contributed by atoms with van der Waals surface area (Å²) in [7, 11) is 0. The van der Waals surface area contributed by atoms with Gasteiger partial charge in [0.2, 0.25) is 0 Å². The van der Waals surface area contributed by atoms with E-state index in [-0.39, 0.29) is 0 Å². The molecule has 1 aromatic carbocycles. The maximum absolute atomic E-state index is 5.88. The summed E-state index contributed by atoms with van der Waals surface area (Å²) in [6.45, 7) is 3.72. The minimum atomic E-state index is 0.539. The second-order valence-corrected chi connectivity index (χ2v) is 6.21. The molecule has 0 unspecified atom stereocenters. The number of rotatable bonds is 1. The quantitative estimate of drug-likeness (QED) is 0.425. The van der Waals surface area contributed by atoms with E-state index in [0.717, 1.165) is 22.0 Å². The molecule has 0 aromatic heterocycles. The summed E-state index contributed by atoms with van der Waals surface area (Å²) in [5, 5.41) is 0.539. The molecule has 0 aliphatic heterocycles. The van der Waals surface area contributed by atoms with Gasteiger partial charge in [-0.3, -0.25) is 0 Å². The van der Waals surface area contributed by atoms with E-state index in [1.54, 1.807) is 0 Å². The van der Waals surface area contributed by atoms with E-state index < -0.39 is 0 Å². The molecule has 2 N–H and O–H groups in total. The van der Waals surface area contributed by atoms with Crippen molar-refractivity contribution < 1.29 is 0 Å². The zero-order valence-corrected chi connectivity index (χ0v) is 13.6. The van der Waals surface area contributed by atoms with Gasteiger partial charge in [-0.15, -0.1) is 0 Å². The highest BCUT2D eigenvalue weighted by atomic mass is 127. The molecule has 0 spiro atoms. The third kappa shape index (κ3) is 2.63. The van der Waals surface area contributed by atoms with E-state index in [2.05, 4.69) is 74.4 Å². The largest absolute Gasteiger partial charge is 0.397 e. The summed E-state index contributed by atoms with van der Waals surface area (Å²) in [6.07, 6.45) is 0. The zero-order valence-electron chi connectivity index (χ0n) is 6.37. The molecular weight excluding hydrogens is 526 g/mol. The molecule has 1 aromatic rings. The second kappa shape index (κ2) is 4.84. The summed E-state index contributed by atoms with van der Waals surface area (Å²) in [6, 6.07) is 2.00. The Hall–Kier alpha value is 1.24. The fourth-order valence-electron chi connectivity index (χ4n) is 0.854. The first-order valence-electron chi connectivity index (χ1n) is 3.23. The summed E-state index contributed by atoms with van der Waals surface area (Å²) in [4.78, 5) is 0. The standard InChI is InChI=1S/C8H5ClI3N/c1-3(9)6-4(10)2-5(11)8(13)7(6)12/h2H,1,13H2. The highest BCUT2D eigenvalue weighted by Crippen LogP contribution is 2.34. The van der Waals surface area contributed by atoms with Crippen molar-refractivity contribution >= 4 is 90.1 Å². The molecule has 0 radical (unpaired) electrons. The van der Waals surface area contributed by atoms with Gasteiger partial charge in [0.25, 0.3) is 0 Å². The van der Waals surface area contributed by atoms with Crippen molar-refractivity contribution in [1.82, 2.24) is 0 Å². The van der Waals surface area contributed by atoms with Gasteiger partial charge in [0.05, 0.1) is 5.69 Å². The van der Waals surface area contributed by atoms with Gasteiger partial charge in [0.15, 0.2) is 0 Å². The van der Waals surface area contributed by atoms with Gasteiger partial charge < -0.3 is 5.73 Å². The molecule has 70 valence electrons. The molecule has 5 heteroatoms. The maximum Gasteiger partial charge on any atom is 0.0592 e. The number of anilines is 1. The summed E-state index contributed by atoms with van der Waals surface area (Å²) >= 11 is 12.5. The first kappa shape index (κ1) is 12.3. The number of nitrogens with two attached hydrogens (primary N) is 1. The molecule has 1 nitrogen and oxygen atoms in total. The fourth-order valence-corrected chi connectivity index (χ4v) is 5.39. The van der Waals surface area contributed by atoms with Crippen LogP contribution in [0, 0.1) is 10.7 Å². The molecule has 0 aliphatic carbocycles. The lowest BCUT2D eigenvalue weighted by molar-refractivity contribution is 1.50. The highest BCUT2D eigenvalue weighted by Gasteiger charge is 2.12. The lowest BCUT2D eigenvalue weighted by atomic mass is 10.2. The summed E-state index contributed by atoms with van der Waals surface area (Å²) in [5.41, 5.74) is 7.59. The molecular formula is C8H5ClI3N. The van der Waals surface area contributed by atoms with Gasteiger partial charge in [0.1, 0.15) is 0 Å². The van der Waals surface area contributed by atoms with Crippen LogP contribution in [0.3, 0.4) is 0 Å². The predicted molar refractivity (Wildman–Crippen MR) is 83.9 cm³/mol. The number of hydrogen-bond acceptors (Lipinski definition) is 1. The van der Waals surface area contributed by atoms with Crippen molar-refractivity contribution in [3.8, 4) is 0 Å². The average molecular weight is 531 g/mol. The Labute approximate surface area is 123 Å². The minimum Gasteiger partial charge on any atom is -0.397 e. The molecule has 0 fully saturated rings. The molecule has 0 heterocycles. The Morgan fingerprint density at radius 1 is 1.31 bits per heavy atom.